The van der Waals surface area contributed by atoms with Crippen molar-refractivity contribution >= 4 is 16.0 Å². The number of amides is 1. The zero-order valence-electron chi connectivity index (χ0n) is 32.2. The van der Waals surface area contributed by atoms with Gasteiger partial charge in [-0.25, -0.2) is 0 Å². The van der Waals surface area contributed by atoms with E-state index in [1.165, 1.54) is 44.6 Å². The molecule has 0 rings (SSSR count). The molecule has 0 aromatic rings. The van der Waals surface area contributed by atoms with Crippen LogP contribution in [0.25, 0.3) is 0 Å². The smallest absolute Gasteiger partial charge is 0.267 e. The highest BCUT2D eigenvalue weighted by molar-refractivity contribution is 7.85. The van der Waals surface area contributed by atoms with E-state index in [9.17, 15) is 22.9 Å². The summed E-state index contributed by atoms with van der Waals surface area (Å²) in [6, 6.07) is -1.09. The van der Waals surface area contributed by atoms with E-state index in [2.05, 4.69) is 104 Å². The number of hydrogen-bond donors (Lipinski definition) is 3. The van der Waals surface area contributed by atoms with Gasteiger partial charge in [0.25, 0.3) is 10.1 Å². The highest BCUT2D eigenvalue weighted by atomic mass is 32.2. The number of unbranched alkanes of at least 4 members (excludes halogenated alkanes) is 12. The summed E-state index contributed by atoms with van der Waals surface area (Å²) in [7, 11) is -4.37. The second-order valence-electron chi connectivity index (χ2n) is 13.2. The van der Waals surface area contributed by atoms with E-state index >= 15 is 0 Å². The summed E-state index contributed by atoms with van der Waals surface area (Å²) in [5.41, 5.74) is 0. The van der Waals surface area contributed by atoms with Crippen LogP contribution in [0.1, 0.15) is 155 Å². The summed E-state index contributed by atoms with van der Waals surface area (Å²) < 4.78 is 32.4. The molecule has 2 atom stereocenters. The Bertz CT molecular complexity index is 1160. The summed E-state index contributed by atoms with van der Waals surface area (Å²) in [4.78, 5) is 12.5. The lowest BCUT2D eigenvalue weighted by molar-refractivity contribution is -0.122. The Kier molecular flexibility index (Phi) is 35.0. The number of carbonyl (C=O) groups excluding carboxylic acids is 1. The van der Waals surface area contributed by atoms with Crippen molar-refractivity contribution in [2.75, 3.05) is 5.75 Å². The Morgan fingerprint density at radius 3 is 1.47 bits per heavy atom. The van der Waals surface area contributed by atoms with Crippen LogP contribution < -0.4 is 5.32 Å². The van der Waals surface area contributed by atoms with Crippen molar-refractivity contribution in [3.63, 3.8) is 0 Å². The summed E-state index contributed by atoms with van der Waals surface area (Å²) in [6.07, 6.45) is 55.3. The van der Waals surface area contributed by atoms with Crippen LogP contribution in [0.2, 0.25) is 0 Å². The van der Waals surface area contributed by atoms with E-state index in [0.717, 1.165) is 83.5 Å². The van der Waals surface area contributed by atoms with Gasteiger partial charge in [-0.3, -0.25) is 9.35 Å². The van der Waals surface area contributed by atoms with Gasteiger partial charge in [0, 0.05) is 6.42 Å². The first-order valence-corrected chi connectivity index (χ1v) is 21.5. The fourth-order valence-corrected chi connectivity index (χ4v) is 6.00. The number of aliphatic hydroxyl groups excluding tert-OH is 1. The van der Waals surface area contributed by atoms with E-state index in [1.807, 2.05) is 0 Å². The first kappa shape index (κ1) is 48.3. The van der Waals surface area contributed by atoms with Gasteiger partial charge in [0.15, 0.2) is 0 Å². The van der Waals surface area contributed by atoms with Gasteiger partial charge in [-0.05, 0) is 89.9 Å². The third-order valence-electron chi connectivity index (χ3n) is 8.22. The standard InChI is InChI=1S/C44H73NO5S/c1-3-5-7-9-11-13-15-17-18-19-20-21-22-23-24-25-26-28-30-32-34-36-38-40-44(47)45-42(41-51(48,49)50)43(46)39-37-35-33-31-29-27-16-14-12-10-8-6-4-2/h5,7,11-14,17-18,20-21,23-24,29,31,37,39,42-43,46H,3-4,6,8-10,15-16,19,22,25-28,30,32-36,38,40-41H2,1-2H3,(H,45,47)(H,48,49,50)/b7-5-,13-11-,14-12+,18-17-,21-20-,24-23-,31-29+,39-37+. The molecule has 0 aromatic heterocycles. The molecule has 51 heavy (non-hydrogen) atoms. The molecule has 0 saturated heterocycles. The first-order chi connectivity index (χ1) is 24.8. The van der Waals surface area contributed by atoms with Gasteiger partial charge in [-0.2, -0.15) is 8.42 Å². The second kappa shape index (κ2) is 37.0. The molecule has 0 saturated carbocycles. The average molecular weight is 728 g/mol. The van der Waals surface area contributed by atoms with E-state index in [-0.39, 0.29) is 12.3 Å². The molecule has 2 unspecified atom stereocenters. The number of carbonyl (C=O) groups is 1. The zero-order valence-corrected chi connectivity index (χ0v) is 33.0. The predicted octanol–water partition coefficient (Wildman–Crippen LogP) is 11.8. The topological polar surface area (TPSA) is 104 Å². The highest BCUT2D eigenvalue weighted by Crippen LogP contribution is 2.11. The van der Waals surface area contributed by atoms with E-state index in [1.54, 1.807) is 6.08 Å². The summed E-state index contributed by atoms with van der Waals surface area (Å²) in [5, 5.41) is 13.2. The van der Waals surface area contributed by atoms with Crippen LogP contribution in [0.3, 0.4) is 0 Å². The average Bonchev–Trinajstić information content (AvgIpc) is 3.09. The Morgan fingerprint density at radius 1 is 0.549 bits per heavy atom. The number of nitrogens with one attached hydrogen (secondary N) is 1. The van der Waals surface area contributed by atoms with Crippen LogP contribution in [0.15, 0.2) is 97.2 Å². The maximum Gasteiger partial charge on any atom is 0.267 e. The van der Waals surface area contributed by atoms with Crippen molar-refractivity contribution in [3.05, 3.63) is 97.2 Å². The normalized spacial score (nSPS) is 14.4. The van der Waals surface area contributed by atoms with Gasteiger partial charge >= 0.3 is 0 Å². The van der Waals surface area contributed by atoms with Crippen molar-refractivity contribution in [2.24, 2.45) is 0 Å². The first-order valence-electron chi connectivity index (χ1n) is 19.9. The molecule has 0 bridgehead atoms. The van der Waals surface area contributed by atoms with E-state index in [4.69, 9.17) is 0 Å². The molecule has 0 aromatic carbocycles. The number of aliphatic hydroxyl groups is 1. The molecule has 0 aliphatic carbocycles. The lowest BCUT2D eigenvalue weighted by atomic mass is 10.1. The molecule has 0 spiro atoms. The van der Waals surface area contributed by atoms with Crippen LogP contribution in [0, 0.1) is 0 Å². The zero-order chi connectivity index (χ0) is 37.5. The fraction of sp³-hybridized carbons (Fsp3) is 0.614. The molecule has 0 aliphatic rings. The monoisotopic (exact) mass is 728 g/mol. The minimum atomic E-state index is -4.37. The van der Waals surface area contributed by atoms with Crippen molar-refractivity contribution < 1.29 is 22.9 Å². The quantitative estimate of drug-likeness (QED) is 0.0348. The summed E-state index contributed by atoms with van der Waals surface area (Å²) in [5.74, 6) is -1.04. The van der Waals surface area contributed by atoms with Crippen molar-refractivity contribution in [3.8, 4) is 0 Å². The Hall–Kier alpha value is -2.74. The van der Waals surface area contributed by atoms with Crippen molar-refractivity contribution in [1.29, 1.82) is 0 Å². The summed E-state index contributed by atoms with van der Waals surface area (Å²) >= 11 is 0. The molecule has 6 nitrogen and oxygen atoms in total. The molecule has 0 radical (unpaired) electrons. The lowest BCUT2D eigenvalue weighted by Gasteiger charge is -2.21. The van der Waals surface area contributed by atoms with Crippen LogP contribution in [-0.4, -0.2) is 41.9 Å². The molecule has 0 fully saturated rings. The maximum absolute atomic E-state index is 12.5. The van der Waals surface area contributed by atoms with Gasteiger partial charge in [0.2, 0.25) is 5.91 Å². The number of rotatable bonds is 34. The third kappa shape index (κ3) is 38.3. The fourth-order valence-electron chi connectivity index (χ4n) is 5.27. The SMILES string of the molecule is CC/C=C\C/C=C\C/C=C\C/C=C\C/C=C\CCCCCCCCCC(=O)NC(CS(=O)(=O)O)C(O)/C=C/CC/C=C/CC/C=C/CCCCC. The molecule has 1 amide bonds. The van der Waals surface area contributed by atoms with E-state index < -0.39 is 28.0 Å². The van der Waals surface area contributed by atoms with Gasteiger partial charge < -0.3 is 10.4 Å². The van der Waals surface area contributed by atoms with Crippen LogP contribution >= 0.6 is 0 Å². The molecule has 0 aliphatic heterocycles. The number of allylic oxidation sites excluding steroid dienone is 15. The van der Waals surface area contributed by atoms with E-state index in [0.29, 0.717) is 12.8 Å². The molecule has 0 heterocycles. The van der Waals surface area contributed by atoms with Gasteiger partial charge in [0.1, 0.15) is 0 Å². The molecular weight excluding hydrogens is 655 g/mol. The summed E-state index contributed by atoms with van der Waals surface area (Å²) in [6.45, 7) is 4.36. The largest absolute Gasteiger partial charge is 0.387 e. The Morgan fingerprint density at radius 2 is 0.961 bits per heavy atom. The molecular formula is C44H73NO5S. The van der Waals surface area contributed by atoms with Crippen LogP contribution in [0.5, 0.6) is 0 Å². The minimum absolute atomic E-state index is 0.265. The predicted molar refractivity (Wildman–Crippen MR) is 220 cm³/mol. The van der Waals surface area contributed by atoms with Gasteiger partial charge in [0.05, 0.1) is 17.9 Å². The van der Waals surface area contributed by atoms with Crippen molar-refractivity contribution in [1.82, 2.24) is 5.32 Å². The Labute approximate surface area is 313 Å². The molecule has 3 N–H and O–H groups in total. The van der Waals surface area contributed by atoms with Gasteiger partial charge in [-0.15, -0.1) is 0 Å². The molecule has 290 valence electrons. The minimum Gasteiger partial charge on any atom is -0.387 e. The van der Waals surface area contributed by atoms with Crippen LogP contribution in [0.4, 0.5) is 0 Å². The Balaban J connectivity index is 4.01. The second-order valence-corrected chi connectivity index (χ2v) is 14.7. The highest BCUT2D eigenvalue weighted by Gasteiger charge is 2.24. The molecule has 7 heteroatoms. The maximum atomic E-state index is 12.5. The lowest BCUT2D eigenvalue weighted by Crippen LogP contribution is -2.46. The third-order valence-corrected chi connectivity index (χ3v) is 9.00. The van der Waals surface area contributed by atoms with Gasteiger partial charge in [-0.1, -0.05) is 156 Å². The van der Waals surface area contributed by atoms with Crippen molar-refractivity contribution in [2.45, 2.75) is 167 Å². The number of hydrogen-bond acceptors (Lipinski definition) is 4. The van der Waals surface area contributed by atoms with Crippen LogP contribution in [-0.2, 0) is 14.9 Å².